The molecule has 3 aliphatic heterocycles. The Kier molecular flexibility index (Phi) is 3.97. The Morgan fingerprint density at radius 1 is 1.33 bits per heavy atom. The van der Waals surface area contributed by atoms with Crippen LogP contribution in [-0.2, 0) is 4.74 Å². The maximum atomic E-state index is 12.5. The minimum absolute atomic E-state index is 0.0118. The van der Waals surface area contributed by atoms with Gasteiger partial charge in [-0.2, -0.15) is 0 Å². The predicted octanol–water partition coefficient (Wildman–Crippen LogP) is -1.71. The van der Waals surface area contributed by atoms with Crippen molar-refractivity contribution in [2.24, 2.45) is 0 Å². The van der Waals surface area contributed by atoms with Crippen LogP contribution in [0.1, 0.15) is 15.9 Å². The molecule has 1 aromatic rings. The molecular weight excluding hydrogens is 352 g/mol. The first kappa shape index (κ1) is 17.6. The summed E-state index contributed by atoms with van der Waals surface area (Å²) in [5.41, 5.74) is 0.143. The minimum atomic E-state index is -1.25. The lowest BCUT2D eigenvalue weighted by Crippen LogP contribution is -2.77. The van der Waals surface area contributed by atoms with Gasteiger partial charge < -0.3 is 35.8 Å². The Balaban J connectivity index is 1.61. The topological polar surface area (TPSA) is 154 Å². The third kappa shape index (κ3) is 2.52. The molecule has 3 saturated heterocycles. The molecule has 0 amide bonds. The van der Waals surface area contributed by atoms with E-state index in [0.717, 1.165) is 5.56 Å². The molecule has 0 saturated carbocycles. The van der Waals surface area contributed by atoms with Crippen molar-refractivity contribution in [2.45, 2.75) is 36.9 Å². The van der Waals surface area contributed by atoms with Gasteiger partial charge in [-0.15, -0.1) is 0 Å². The van der Waals surface area contributed by atoms with E-state index in [1.807, 2.05) is 6.92 Å². The van der Waals surface area contributed by atoms with Crippen molar-refractivity contribution in [3.8, 4) is 0 Å². The highest BCUT2D eigenvalue weighted by Crippen LogP contribution is 2.38. The van der Waals surface area contributed by atoms with Crippen molar-refractivity contribution in [3.05, 3.63) is 35.4 Å². The summed E-state index contributed by atoms with van der Waals surface area (Å²) in [5, 5.41) is 45.5. The predicted molar refractivity (Wildman–Crippen MR) is 95.3 cm³/mol. The first-order valence-electron chi connectivity index (χ1n) is 8.69. The summed E-state index contributed by atoms with van der Waals surface area (Å²) < 4.78 is 5.54. The smallest absolute Gasteiger partial charge is 0.338 e. The number of carbonyl (C=O) groups excluding carboxylic acids is 1. The molecule has 0 unspecified atom stereocenters. The van der Waals surface area contributed by atoms with Crippen LogP contribution in [0.4, 0.5) is 0 Å². The lowest BCUT2D eigenvalue weighted by Gasteiger charge is -2.48. The number of hydrogen-bond donors (Lipinski definition) is 7. The molecule has 5 atom stereocenters. The molecule has 10 heteroatoms. The Morgan fingerprint density at radius 3 is 2.70 bits per heavy atom. The van der Waals surface area contributed by atoms with Crippen LogP contribution in [0.25, 0.3) is 0 Å². The monoisotopic (exact) mass is 374 g/mol. The molecule has 0 aliphatic carbocycles. The second-order valence-corrected chi connectivity index (χ2v) is 7.09. The van der Waals surface area contributed by atoms with Crippen molar-refractivity contribution >= 4 is 17.9 Å². The Bertz CT molecular complexity index is 799. The van der Waals surface area contributed by atoms with E-state index >= 15 is 0 Å². The SMILES string of the molecule is Cc1ccc(C(=O)O[C@H]2CN3C(=N)N[C@@H](CO)[C@@H]4NC(=N)N[C@@]43[C@H]2O)cc1. The van der Waals surface area contributed by atoms with Gasteiger partial charge in [0.2, 0.25) is 0 Å². The molecule has 0 radical (unpaired) electrons. The van der Waals surface area contributed by atoms with E-state index in [0.29, 0.717) is 5.56 Å². The zero-order chi connectivity index (χ0) is 19.3. The highest BCUT2D eigenvalue weighted by Gasteiger charge is 2.67. The van der Waals surface area contributed by atoms with Crippen LogP contribution < -0.4 is 16.0 Å². The van der Waals surface area contributed by atoms with Crippen molar-refractivity contribution in [2.75, 3.05) is 13.2 Å². The zero-order valence-electron chi connectivity index (χ0n) is 14.7. The lowest BCUT2D eigenvalue weighted by molar-refractivity contribution is -0.0399. The van der Waals surface area contributed by atoms with Crippen LogP contribution in [0.5, 0.6) is 0 Å². The number of carbonyl (C=O) groups is 1. The third-order valence-corrected chi connectivity index (χ3v) is 5.45. The number of ether oxygens (including phenoxy) is 1. The summed E-state index contributed by atoms with van der Waals surface area (Å²) in [4.78, 5) is 14.0. The van der Waals surface area contributed by atoms with Crippen molar-refractivity contribution in [1.29, 1.82) is 10.8 Å². The van der Waals surface area contributed by atoms with Crippen LogP contribution in [0, 0.1) is 17.7 Å². The van der Waals surface area contributed by atoms with Crippen molar-refractivity contribution < 1.29 is 19.7 Å². The highest BCUT2D eigenvalue weighted by atomic mass is 16.6. The molecular formula is C17H22N6O4. The molecule has 3 heterocycles. The van der Waals surface area contributed by atoms with E-state index < -0.39 is 35.9 Å². The molecule has 3 aliphatic rings. The van der Waals surface area contributed by atoms with Crippen molar-refractivity contribution in [3.63, 3.8) is 0 Å². The van der Waals surface area contributed by atoms with E-state index in [1.54, 1.807) is 24.3 Å². The normalized spacial score (nSPS) is 34.3. The van der Waals surface area contributed by atoms with Gasteiger partial charge in [0.1, 0.15) is 12.2 Å². The molecule has 1 aromatic carbocycles. The van der Waals surface area contributed by atoms with E-state index in [2.05, 4.69) is 16.0 Å². The Labute approximate surface area is 155 Å². The number of aliphatic hydroxyl groups excluding tert-OH is 2. The van der Waals surface area contributed by atoms with Gasteiger partial charge in [0.15, 0.2) is 17.6 Å². The van der Waals surface area contributed by atoms with Crippen LogP contribution >= 0.6 is 0 Å². The highest BCUT2D eigenvalue weighted by molar-refractivity contribution is 5.90. The average molecular weight is 374 g/mol. The zero-order valence-corrected chi connectivity index (χ0v) is 14.7. The van der Waals surface area contributed by atoms with Gasteiger partial charge >= 0.3 is 5.97 Å². The maximum Gasteiger partial charge on any atom is 0.338 e. The minimum Gasteiger partial charge on any atom is -0.454 e. The number of esters is 1. The Hall–Kier alpha value is -2.85. The fourth-order valence-electron chi connectivity index (χ4n) is 4.12. The number of guanidine groups is 2. The fraction of sp³-hybridized carbons (Fsp3) is 0.471. The molecule has 27 heavy (non-hydrogen) atoms. The lowest BCUT2D eigenvalue weighted by atomic mass is 9.88. The number of nitrogens with zero attached hydrogens (tertiary/aromatic N) is 1. The van der Waals surface area contributed by atoms with E-state index in [4.69, 9.17) is 15.6 Å². The molecule has 0 bridgehead atoms. The average Bonchev–Trinajstić information content (AvgIpc) is 3.13. The van der Waals surface area contributed by atoms with Crippen LogP contribution in [-0.4, -0.2) is 76.1 Å². The summed E-state index contributed by atoms with van der Waals surface area (Å²) in [6.45, 7) is 1.71. The second-order valence-electron chi connectivity index (χ2n) is 7.09. The molecule has 144 valence electrons. The number of benzene rings is 1. The molecule has 0 aromatic heterocycles. The van der Waals surface area contributed by atoms with Crippen LogP contribution in [0.15, 0.2) is 24.3 Å². The largest absolute Gasteiger partial charge is 0.454 e. The van der Waals surface area contributed by atoms with E-state index in [1.165, 1.54) is 4.90 Å². The van der Waals surface area contributed by atoms with Gasteiger partial charge in [-0.3, -0.25) is 10.8 Å². The number of aliphatic hydroxyl groups is 2. The molecule has 10 nitrogen and oxygen atoms in total. The quantitative estimate of drug-likeness (QED) is 0.309. The first-order chi connectivity index (χ1) is 12.9. The number of nitrogens with one attached hydrogen (secondary N) is 5. The van der Waals surface area contributed by atoms with E-state index in [-0.39, 0.29) is 25.1 Å². The number of hydrogen-bond acceptors (Lipinski definition) is 6. The molecule has 7 N–H and O–H groups in total. The number of rotatable bonds is 3. The van der Waals surface area contributed by atoms with Crippen molar-refractivity contribution in [1.82, 2.24) is 20.9 Å². The number of aryl methyl sites for hydroxylation is 1. The molecule has 4 rings (SSSR count). The van der Waals surface area contributed by atoms with Gasteiger partial charge in [0, 0.05) is 0 Å². The summed E-state index contributed by atoms with van der Waals surface area (Å²) >= 11 is 0. The second kappa shape index (κ2) is 6.10. The maximum absolute atomic E-state index is 12.5. The summed E-state index contributed by atoms with van der Waals surface area (Å²) in [5.74, 6) is -0.599. The molecule has 3 fully saturated rings. The molecule has 1 spiro atoms. The Morgan fingerprint density at radius 2 is 2.04 bits per heavy atom. The van der Waals surface area contributed by atoms with E-state index in [9.17, 15) is 15.0 Å². The van der Waals surface area contributed by atoms with Gasteiger partial charge in [-0.25, -0.2) is 4.79 Å². The van der Waals surface area contributed by atoms with Gasteiger partial charge in [-0.1, -0.05) is 17.7 Å². The van der Waals surface area contributed by atoms with Crippen LogP contribution in [0.3, 0.4) is 0 Å². The van der Waals surface area contributed by atoms with Gasteiger partial charge in [-0.05, 0) is 19.1 Å². The fourth-order valence-corrected chi connectivity index (χ4v) is 4.12. The van der Waals surface area contributed by atoms with Gasteiger partial charge in [0.25, 0.3) is 0 Å². The van der Waals surface area contributed by atoms with Gasteiger partial charge in [0.05, 0.1) is 30.8 Å². The standard InChI is InChI=1S/C17H22N6O4/c1-8-2-4-9(5-3-8)14(26)27-11-6-23-16(19)20-10(7-24)12-17(23,13(11)25)22-15(18)21-12/h2-5,10-13,24-25H,6-7H2,1H3,(H2,19,20)(H3,18,21,22)/t10-,11-,12-,13-,17-/m0/s1. The summed E-state index contributed by atoms with van der Waals surface area (Å²) in [7, 11) is 0. The first-order valence-corrected chi connectivity index (χ1v) is 8.69. The summed E-state index contributed by atoms with van der Waals surface area (Å²) in [6, 6.07) is 5.75. The van der Waals surface area contributed by atoms with Crippen LogP contribution in [0.2, 0.25) is 0 Å². The summed E-state index contributed by atoms with van der Waals surface area (Å²) in [6.07, 6.45) is -2.11. The third-order valence-electron chi connectivity index (χ3n) is 5.45.